The van der Waals surface area contributed by atoms with Gasteiger partial charge in [0.2, 0.25) is 0 Å². The Balaban J connectivity index is 2.86. The summed E-state index contributed by atoms with van der Waals surface area (Å²) in [5.41, 5.74) is 6.76. The van der Waals surface area contributed by atoms with Crippen LogP contribution in [0.25, 0.3) is 0 Å². The molecule has 74 valence electrons. The molecule has 2 nitrogen and oxygen atoms in total. The van der Waals surface area contributed by atoms with Gasteiger partial charge in [0.15, 0.2) is 0 Å². The molecule has 0 aliphatic heterocycles. The first-order chi connectivity index (χ1) is 6.67. The van der Waals surface area contributed by atoms with E-state index in [1.165, 1.54) is 0 Å². The quantitative estimate of drug-likeness (QED) is 0.611. The van der Waals surface area contributed by atoms with Crippen molar-refractivity contribution in [2.24, 2.45) is 0 Å². The normalized spacial score (nSPS) is 12.1. The fourth-order valence-corrected chi connectivity index (χ4v) is 1.98. The van der Waals surface area contributed by atoms with E-state index in [1.54, 1.807) is 17.8 Å². The van der Waals surface area contributed by atoms with Gasteiger partial charge in [-0.1, -0.05) is 13.8 Å². The second-order valence-corrected chi connectivity index (χ2v) is 4.71. The molecule has 0 aliphatic carbocycles. The fraction of sp³-hybridized carbons (Fsp3) is 0.364. The van der Waals surface area contributed by atoms with Crippen LogP contribution in [0.2, 0.25) is 0 Å². The maximum absolute atomic E-state index is 8.79. The zero-order valence-electron chi connectivity index (χ0n) is 8.45. The van der Waals surface area contributed by atoms with E-state index in [9.17, 15) is 0 Å². The van der Waals surface area contributed by atoms with Gasteiger partial charge >= 0.3 is 0 Å². The number of hydrogen-bond donors (Lipinski definition) is 1. The summed E-state index contributed by atoms with van der Waals surface area (Å²) < 4.78 is 0. The average Bonchev–Trinajstić information content (AvgIpc) is 2.20. The molecule has 2 N–H and O–H groups in total. The largest absolute Gasteiger partial charge is 0.398 e. The summed E-state index contributed by atoms with van der Waals surface area (Å²) in [4.78, 5) is 1.12. The van der Waals surface area contributed by atoms with Crippen LogP contribution in [0.15, 0.2) is 23.1 Å². The molecular formula is C11H14N2S. The van der Waals surface area contributed by atoms with Crippen LogP contribution in [0, 0.1) is 11.3 Å². The molecule has 0 aliphatic rings. The van der Waals surface area contributed by atoms with Gasteiger partial charge in [0.05, 0.1) is 5.56 Å². The van der Waals surface area contributed by atoms with Gasteiger partial charge in [-0.15, -0.1) is 11.8 Å². The van der Waals surface area contributed by atoms with Crippen LogP contribution < -0.4 is 5.73 Å². The monoisotopic (exact) mass is 206 g/mol. The lowest BCUT2D eigenvalue weighted by molar-refractivity contribution is 0.905. The minimum atomic E-state index is 0.556. The van der Waals surface area contributed by atoms with Gasteiger partial charge in [0.25, 0.3) is 0 Å². The third-order valence-corrected chi connectivity index (χ3v) is 3.32. The second kappa shape index (κ2) is 4.92. The third kappa shape index (κ3) is 2.68. The van der Waals surface area contributed by atoms with Crippen LogP contribution in [-0.2, 0) is 0 Å². The predicted molar refractivity (Wildman–Crippen MR) is 61.2 cm³/mol. The highest BCUT2D eigenvalue weighted by Gasteiger charge is 2.04. The Hall–Kier alpha value is -1.14. The van der Waals surface area contributed by atoms with Gasteiger partial charge in [-0.3, -0.25) is 0 Å². The molecule has 0 spiro atoms. The second-order valence-electron chi connectivity index (χ2n) is 3.20. The van der Waals surface area contributed by atoms with Gasteiger partial charge in [0, 0.05) is 15.8 Å². The van der Waals surface area contributed by atoms with Gasteiger partial charge in [-0.05, 0) is 24.6 Å². The molecule has 1 rings (SSSR count). The summed E-state index contributed by atoms with van der Waals surface area (Å²) in [6.45, 7) is 4.33. The van der Waals surface area contributed by atoms with Gasteiger partial charge in [-0.25, -0.2) is 0 Å². The molecule has 1 atom stereocenters. The average molecular weight is 206 g/mol. The van der Waals surface area contributed by atoms with Crippen molar-refractivity contribution in [1.29, 1.82) is 5.26 Å². The van der Waals surface area contributed by atoms with Crippen LogP contribution in [0.4, 0.5) is 5.69 Å². The molecule has 0 amide bonds. The van der Waals surface area contributed by atoms with Crippen molar-refractivity contribution >= 4 is 17.4 Å². The third-order valence-electron chi connectivity index (χ3n) is 2.06. The van der Waals surface area contributed by atoms with Crippen molar-refractivity contribution in [3.63, 3.8) is 0 Å². The number of rotatable bonds is 3. The molecule has 3 heteroatoms. The molecule has 0 heterocycles. The Morgan fingerprint density at radius 2 is 2.29 bits per heavy atom. The molecule has 0 radical (unpaired) electrons. The van der Waals surface area contributed by atoms with E-state index in [1.807, 2.05) is 12.1 Å². The predicted octanol–water partition coefficient (Wildman–Crippen LogP) is 3.03. The molecule has 1 aromatic carbocycles. The van der Waals surface area contributed by atoms with Crippen molar-refractivity contribution in [3.8, 4) is 6.07 Å². The van der Waals surface area contributed by atoms with Gasteiger partial charge in [0.1, 0.15) is 6.07 Å². The number of nitriles is 1. The molecule has 14 heavy (non-hydrogen) atoms. The number of nitrogens with two attached hydrogens (primary N) is 1. The van der Waals surface area contributed by atoms with E-state index in [0.717, 1.165) is 11.3 Å². The van der Waals surface area contributed by atoms with Crippen molar-refractivity contribution in [1.82, 2.24) is 0 Å². The van der Waals surface area contributed by atoms with E-state index in [4.69, 9.17) is 11.0 Å². The number of thioether (sulfide) groups is 1. The zero-order valence-corrected chi connectivity index (χ0v) is 9.27. The first-order valence-corrected chi connectivity index (χ1v) is 5.51. The summed E-state index contributed by atoms with van der Waals surface area (Å²) in [7, 11) is 0. The van der Waals surface area contributed by atoms with Crippen molar-refractivity contribution in [2.75, 3.05) is 5.73 Å². The first-order valence-electron chi connectivity index (χ1n) is 4.63. The Kier molecular flexibility index (Phi) is 3.84. The highest BCUT2D eigenvalue weighted by molar-refractivity contribution is 7.99. The number of benzene rings is 1. The van der Waals surface area contributed by atoms with E-state index in [-0.39, 0.29) is 0 Å². The minimum absolute atomic E-state index is 0.556. The smallest absolute Gasteiger partial charge is 0.101 e. The van der Waals surface area contributed by atoms with Gasteiger partial charge in [-0.2, -0.15) is 5.26 Å². The lowest BCUT2D eigenvalue weighted by Crippen LogP contribution is -1.94. The summed E-state index contributed by atoms with van der Waals surface area (Å²) >= 11 is 1.78. The maximum atomic E-state index is 8.79. The fourth-order valence-electron chi connectivity index (χ4n) is 1.02. The van der Waals surface area contributed by atoms with Crippen LogP contribution in [0.5, 0.6) is 0 Å². The molecule has 1 aromatic rings. The highest BCUT2D eigenvalue weighted by Crippen LogP contribution is 2.27. The van der Waals surface area contributed by atoms with Gasteiger partial charge < -0.3 is 5.73 Å². The van der Waals surface area contributed by atoms with Crippen LogP contribution in [0.3, 0.4) is 0 Å². The highest BCUT2D eigenvalue weighted by atomic mass is 32.2. The molecular weight excluding hydrogens is 192 g/mol. The van der Waals surface area contributed by atoms with Crippen LogP contribution in [0.1, 0.15) is 25.8 Å². The maximum Gasteiger partial charge on any atom is 0.101 e. The van der Waals surface area contributed by atoms with E-state index in [2.05, 4.69) is 19.9 Å². The van der Waals surface area contributed by atoms with E-state index in [0.29, 0.717) is 16.5 Å². The number of nitrogen functional groups attached to an aromatic ring is 1. The lowest BCUT2D eigenvalue weighted by Gasteiger charge is -2.08. The summed E-state index contributed by atoms with van der Waals surface area (Å²) in [5.74, 6) is 0. The molecule has 0 aromatic heterocycles. The molecule has 0 saturated carbocycles. The Labute approximate surface area is 89.1 Å². The summed E-state index contributed by atoms with van der Waals surface area (Å²) in [6, 6.07) is 7.70. The van der Waals surface area contributed by atoms with Crippen molar-refractivity contribution < 1.29 is 0 Å². The molecule has 0 fully saturated rings. The Morgan fingerprint density at radius 1 is 1.57 bits per heavy atom. The molecule has 0 bridgehead atoms. The lowest BCUT2D eigenvalue weighted by atomic mass is 10.2. The number of nitrogens with zero attached hydrogens (tertiary/aromatic N) is 1. The Bertz CT molecular complexity index is 355. The number of anilines is 1. The van der Waals surface area contributed by atoms with Crippen molar-refractivity contribution in [3.05, 3.63) is 23.8 Å². The van der Waals surface area contributed by atoms with Crippen LogP contribution in [-0.4, -0.2) is 5.25 Å². The Morgan fingerprint density at radius 3 is 2.86 bits per heavy atom. The van der Waals surface area contributed by atoms with Crippen LogP contribution >= 0.6 is 11.8 Å². The first kappa shape index (κ1) is 10.9. The molecule has 1 unspecified atom stereocenters. The standard InChI is InChI=1S/C11H14N2S/c1-3-8(2)14-10-4-5-11(13)9(6-10)7-12/h4-6,8H,3,13H2,1-2H3. The number of hydrogen-bond acceptors (Lipinski definition) is 3. The van der Waals surface area contributed by atoms with Crippen molar-refractivity contribution in [2.45, 2.75) is 30.4 Å². The summed E-state index contributed by atoms with van der Waals surface area (Å²) in [5, 5.41) is 9.37. The SMILES string of the molecule is CCC(C)Sc1ccc(N)c(C#N)c1. The molecule has 0 saturated heterocycles. The topological polar surface area (TPSA) is 49.8 Å². The summed E-state index contributed by atoms with van der Waals surface area (Å²) in [6.07, 6.45) is 1.12. The van der Waals surface area contributed by atoms with E-state index >= 15 is 0 Å². The van der Waals surface area contributed by atoms with E-state index < -0.39 is 0 Å². The minimum Gasteiger partial charge on any atom is -0.398 e. The zero-order chi connectivity index (χ0) is 10.6.